The molecule has 2 aromatic carbocycles. The summed E-state index contributed by atoms with van der Waals surface area (Å²) in [4.78, 5) is 25.3. The van der Waals surface area contributed by atoms with Crippen LogP contribution < -0.4 is 14.8 Å². The van der Waals surface area contributed by atoms with Gasteiger partial charge in [0.2, 0.25) is 0 Å². The van der Waals surface area contributed by atoms with Crippen LogP contribution in [0.3, 0.4) is 0 Å². The SMILES string of the molecule is COc1cc(/C=N\N2C(=O)N[C@@](C)(CCc3ccccc3)C2=O)ccc1OCC(C)C. The van der Waals surface area contributed by atoms with Gasteiger partial charge < -0.3 is 14.8 Å². The first-order valence-corrected chi connectivity index (χ1v) is 10.4. The summed E-state index contributed by atoms with van der Waals surface area (Å²) in [5.41, 5.74) is 0.808. The Kier molecular flexibility index (Phi) is 6.95. The fraction of sp³-hybridized carbons (Fsp3) is 0.375. The molecule has 164 valence electrons. The molecule has 1 fully saturated rings. The molecule has 0 unspecified atom stereocenters. The molecule has 1 saturated heterocycles. The molecule has 1 aliphatic rings. The summed E-state index contributed by atoms with van der Waals surface area (Å²) in [6.07, 6.45) is 2.63. The molecule has 31 heavy (non-hydrogen) atoms. The molecule has 0 spiro atoms. The van der Waals surface area contributed by atoms with Gasteiger partial charge in [-0.1, -0.05) is 44.2 Å². The van der Waals surface area contributed by atoms with Crippen molar-refractivity contribution in [1.29, 1.82) is 0 Å². The van der Waals surface area contributed by atoms with E-state index in [9.17, 15) is 9.59 Å². The highest BCUT2D eigenvalue weighted by molar-refractivity contribution is 6.07. The highest BCUT2D eigenvalue weighted by Gasteiger charge is 2.47. The number of urea groups is 1. The maximum atomic E-state index is 12.9. The third-order valence-electron chi connectivity index (χ3n) is 5.08. The second kappa shape index (κ2) is 9.64. The minimum Gasteiger partial charge on any atom is -0.493 e. The van der Waals surface area contributed by atoms with E-state index in [2.05, 4.69) is 24.3 Å². The van der Waals surface area contributed by atoms with Gasteiger partial charge in [0.15, 0.2) is 11.5 Å². The highest BCUT2D eigenvalue weighted by Crippen LogP contribution is 2.28. The second-order valence-electron chi connectivity index (χ2n) is 8.22. The van der Waals surface area contributed by atoms with Crippen molar-refractivity contribution in [1.82, 2.24) is 10.3 Å². The molecule has 2 aromatic rings. The Bertz CT molecular complexity index is 959. The molecule has 0 aromatic heterocycles. The number of amides is 3. The summed E-state index contributed by atoms with van der Waals surface area (Å²) >= 11 is 0. The standard InChI is InChI=1S/C24H29N3O4/c1-17(2)16-31-20-11-10-19(14-21(20)30-4)15-25-27-22(28)24(3,26-23(27)29)13-12-18-8-6-5-7-9-18/h5-11,14-15,17H,12-13,16H2,1-4H3,(H,26,29)/b25-15-/t24-/m0/s1. The number of hydrogen-bond acceptors (Lipinski definition) is 5. The lowest BCUT2D eigenvalue weighted by atomic mass is 9.93. The Morgan fingerprint density at radius 1 is 1.13 bits per heavy atom. The van der Waals surface area contributed by atoms with Gasteiger partial charge in [-0.25, -0.2) is 4.79 Å². The lowest BCUT2D eigenvalue weighted by molar-refractivity contribution is -0.130. The van der Waals surface area contributed by atoms with Crippen molar-refractivity contribution in [2.75, 3.05) is 13.7 Å². The molecule has 0 saturated carbocycles. The van der Waals surface area contributed by atoms with Crippen molar-refractivity contribution in [2.24, 2.45) is 11.0 Å². The number of carbonyl (C=O) groups excluding carboxylic acids is 2. The third kappa shape index (κ3) is 5.42. The second-order valence-corrected chi connectivity index (χ2v) is 8.22. The Balaban J connectivity index is 1.69. The zero-order valence-corrected chi connectivity index (χ0v) is 18.4. The smallest absolute Gasteiger partial charge is 0.346 e. The third-order valence-corrected chi connectivity index (χ3v) is 5.08. The Morgan fingerprint density at radius 3 is 2.55 bits per heavy atom. The Morgan fingerprint density at radius 2 is 1.87 bits per heavy atom. The van der Waals surface area contributed by atoms with Crippen LogP contribution in [0.15, 0.2) is 53.6 Å². The molecule has 0 aliphatic carbocycles. The summed E-state index contributed by atoms with van der Waals surface area (Å²) in [6.45, 7) is 6.45. The van der Waals surface area contributed by atoms with Crippen LogP contribution in [-0.2, 0) is 11.2 Å². The molecule has 3 rings (SSSR count). The first-order valence-electron chi connectivity index (χ1n) is 10.4. The van der Waals surface area contributed by atoms with Crippen LogP contribution in [0.25, 0.3) is 0 Å². The number of hydrogen-bond donors (Lipinski definition) is 1. The van der Waals surface area contributed by atoms with Crippen molar-refractivity contribution in [3.05, 3.63) is 59.7 Å². The zero-order chi connectivity index (χ0) is 22.4. The number of nitrogens with zero attached hydrogens (tertiary/aromatic N) is 2. The molecule has 0 radical (unpaired) electrons. The van der Waals surface area contributed by atoms with Crippen LogP contribution in [0.1, 0.15) is 38.3 Å². The molecule has 1 aliphatic heterocycles. The number of methoxy groups -OCH3 is 1. The quantitative estimate of drug-likeness (QED) is 0.488. The summed E-state index contributed by atoms with van der Waals surface area (Å²) in [5, 5.41) is 7.80. The fourth-order valence-corrected chi connectivity index (χ4v) is 3.25. The number of hydrazone groups is 1. The van der Waals surface area contributed by atoms with Gasteiger partial charge >= 0.3 is 6.03 Å². The van der Waals surface area contributed by atoms with Crippen LogP contribution in [0.5, 0.6) is 11.5 Å². The van der Waals surface area contributed by atoms with Gasteiger partial charge in [0.25, 0.3) is 5.91 Å². The van der Waals surface area contributed by atoms with Crippen molar-refractivity contribution in [3.8, 4) is 11.5 Å². The molecule has 1 N–H and O–H groups in total. The highest BCUT2D eigenvalue weighted by atomic mass is 16.5. The Labute approximate surface area is 183 Å². The van der Waals surface area contributed by atoms with Gasteiger partial charge in [-0.15, -0.1) is 5.01 Å². The average molecular weight is 424 g/mol. The van der Waals surface area contributed by atoms with E-state index in [4.69, 9.17) is 9.47 Å². The number of ether oxygens (including phenoxy) is 2. The molecule has 0 bridgehead atoms. The maximum absolute atomic E-state index is 12.9. The van der Waals surface area contributed by atoms with Crippen LogP contribution in [-0.4, -0.2) is 42.4 Å². The number of nitrogens with one attached hydrogen (secondary N) is 1. The van der Waals surface area contributed by atoms with Gasteiger partial charge in [-0.2, -0.15) is 5.10 Å². The van der Waals surface area contributed by atoms with Gasteiger partial charge in [-0.3, -0.25) is 4.79 Å². The van der Waals surface area contributed by atoms with Crippen molar-refractivity contribution in [3.63, 3.8) is 0 Å². The molecular formula is C24H29N3O4. The average Bonchev–Trinajstić information content (AvgIpc) is 2.98. The molecule has 1 atom stereocenters. The largest absolute Gasteiger partial charge is 0.493 e. The lowest BCUT2D eigenvalue weighted by Gasteiger charge is -2.20. The first kappa shape index (κ1) is 22.3. The summed E-state index contributed by atoms with van der Waals surface area (Å²) in [6, 6.07) is 14.7. The first-order chi connectivity index (χ1) is 14.8. The van der Waals surface area contributed by atoms with Crippen LogP contribution >= 0.6 is 0 Å². The summed E-state index contributed by atoms with van der Waals surface area (Å²) in [5.74, 6) is 1.22. The van der Waals surface area contributed by atoms with Crippen molar-refractivity contribution in [2.45, 2.75) is 39.2 Å². The fourth-order valence-electron chi connectivity index (χ4n) is 3.25. The van der Waals surface area contributed by atoms with E-state index >= 15 is 0 Å². The molecular weight excluding hydrogens is 394 g/mol. The summed E-state index contributed by atoms with van der Waals surface area (Å²) < 4.78 is 11.1. The number of carbonyl (C=O) groups is 2. The van der Waals surface area contributed by atoms with E-state index in [0.717, 1.165) is 10.6 Å². The zero-order valence-electron chi connectivity index (χ0n) is 18.4. The molecule has 7 heteroatoms. The van der Waals surface area contributed by atoms with E-state index in [1.807, 2.05) is 30.3 Å². The van der Waals surface area contributed by atoms with E-state index in [0.29, 0.717) is 42.4 Å². The van der Waals surface area contributed by atoms with Crippen LogP contribution in [0.4, 0.5) is 4.79 Å². The van der Waals surface area contributed by atoms with Crippen LogP contribution in [0, 0.1) is 5.92 Å². The van der Waals surface area contributed by atoms with E-state index in [-0.39, 0.29) is 5.91 Å². The summed E-state index contributed by atoms with van der Waals surface area (Å²) in [7, 11) is 1.56. The van der Waals surface area contributed by atoms with Gasteiger partial charge in [0.05, 0.1) is 19.9 Å². The monoisotopic (exact) mass is 423 g/mol. The minimum absolute atomic E-state index is 0.367. The predicted molar refractivity (Wildman–Crippen MR) is 119 cm³/mol. The van der Waals surface area contributed by atoms with Gasteiger partial charge in [-0.05, 0) is 55.0 Å². The van der Waals surface area contributed by atoms with Crippen molar-refractivity contribution < 1.29 is 19.1 Å². The predicted octanol–water partition coefficient (Wildman–Crippen LogP) is 4.01. The van der Waals surface area contributed by atoms with E-state index < -0.39 is 11.6 Å². The van der Waals surface area contributed by atoms with Crippen LogP contribution in [0.2, 0.25) is 0 Å². The van der Waals surface area contributed by atoms with Gasteiger partial charge in [0, 0.05) is 0 Å². The lowest BCUT2D eigenvalue weighted by Crippen LogP contribution is -2.44. The number of benzene rings is 2. The molecule has 1 heterocycles. The number of imide groups is 1. The topological polar surface area (TPSA) is 80.2 Å². The normalized spacial score (nSPS) is 18.7. The maximum Gasteiger partial charge on any atom is 0.346 e. The van der Waals surface area contributed by atoms with Crippen molar-refractivity contribution >= 4 is 18.2 Å². The van der Waals surface area contributed by atoms with Gasteiger partial charge in [0.1, 0.15) is 5.54 Å². The number of rotatable bonds is 9. The number of aryl methyl sites for hydroxylation is 1. The Hall–Kier alpha value is -3.35. The minimum atomic E-state index is -0.990. The molecule has 7 nitrogen and oxygen atoms in total. The van der Waals surface area contributed by atoms with E-state index in [1.165, 1.54) is 6.21 Å². The molecule has 3 amide bonds. The van der Waals surface area contributed by atoms with E-state index in [1.54, 1.807) is 32.2 Å².